The fourth-order valence-corrected chi connectivity index (χ4v) is 1.46. The Balaban J connectivity index is 2.13. The molecule has 0 amide bonds. The maximum Gasteiger partial charge on any atom is 0.387 e. The summed E-state index contributed by atoms with van der Waals surface area (Å²) in [7, 11) is 1.74. The maximum absolute atomic E-state index is 12.1. The molecule has 1 aromatic heterocycles. The van der Waals surface area contributed by atoms with Gasteiger partial charge >= 0.3 is 6.61 Å². The summed E-state index contributed by atoms with van der Waals surface area (Å²) in [5.74, 6) is 1.29. The van der Waals surface area contributed by atoms with Crippen molar-refractivity contribution in [2.75, 3.05) is 17.7 Å². The van der Waals surface area contributed by atoms with Crippen molar-refractivity contribution < 1.29 is 13.5 Å². The number of nitrogens with one attached hydrogen (secondary N) is 2. The first kappa shape index (κ1) is 13.0. The van der Waals surface area contributed by atoms with E-state index >= 15 is 0 Å². The molecular formula is C12H12F2N4O. The number of alkyl halides is 2. The van der Waals surface area contributed by atoms with Crippen molar-refractivity contribution in [1.29, 1.82) is 0 Å². The largest absolute Gasteiger partial charge is 0.435 e. The van der Waals surface area contributed by atoms with Crippen molar-refractivity contribution in [2.24, 2.45) is 0 Å². The third kappa shape index (κ3) is 3.77. The molecule has 0 unspecified atom stereocenters. The molecular weight excluding hydrogens is 254 g/mol. The first-order chi connectivity index (χ1) is 9.17. The van der Waals surface area contributed by atoms with Crippen molar-refractivity contribution >= 4 is 17.3 Å². The first-order valence-electron chi connectivity index (χ1n) is 5.49. The highest BCUT2D eigenvalue weighted by atomic mass is 19.3. The van der Waals surface area contributed by atoms with Gasteiger partial charge in [-0.3, -0.25) is 0 Å². The van der Waals surface area contributed by atoms with Gasteiger partial charge in [-0.15, -0.1) is 0 Å². The third-order valence-corrected chi connectivity index (χ3v) is 2.25. The predicted octanol–water partition coefficient (Wildman–Crippen LogP) is 2.86. The van der Waals surface area contributed by atoms with Crippen LogP contribution in [0.2, 0.25) is 0 Å². The second-order valence-corrected chi connectivity index (χ2v) is 3.57. The molecule has 0 fully saturated rings. The summed E-state index contributed by atoms with van der Waals surface area (Å²) in [6.07, 6.45) is 1.40. The Labute approximate surface area is 108 Å². The van der Waals surface area contributed by atoms with Crippen LogP contribution in [0.15, 0.2) is 36.7 Å². The second-order valence-electron chi connectivity index (χ2n) is 3.57. The minimum atomic E-state index is -2.84. The summed E-state index contributed by atoms with van der Waals surface area (Å²) in [6, 6.07) is 7.95. The predicted molar refractivity (Wildman–Crippen MR) is 67.9 cm³/mol. The molecule has 0 atom stereocenters. The Morgan fingerprint density at radius 2 is 1.95 bits per heavy atom. The number of ether oxygens (including phenoxy) is 1. The zero-order chi connectivity index (χ0) is 13.7. The van der Waals surface area contributed by atoms with Gasteiger partial charge in [0, 0.05) is 24.9 Å². The van der Waals surface area contributed by atoms with E-state index in [1.807, 2.05) is 0 Å². The Hall–Kier alpha value is -2.44. The van der Waals surface area contributed by atoms with Gasteiger partial charge in [0.1, 0.15) is 23.7 Å². The van der Waals surface area contributed by atoms with Crippen molar-refractivity contribution in [3.8, 4) is 5.75 Å². The lowest BCUT2D eigenvalue weighted by Crippen LogP contribution is -2.02. The number of nitrogens with zero attached hydrogens (tertiary/aromatic N) is 2. The van der Waals surface area contributed by atoms with Crippen LogP contribution in [0.3, 0.4) is 0 Å². The highest BCUT2D eigenvalue weighted by Gasteiger charge is 2.05. The summed E-state index contributed by atoms with van der Waals surface area (Å²) in [5, 5.41) is 5.85. The SMILES string of the molecule is CNc1cc(Nc2cccc(OC(F)F)c2)ncn1. The molecule has 0 spiro atoms. The van der Waals surface area contributed by atoms with Crippen LogP contribution in [0.1, 0.15) is 0 Å². The minimum absolute atomic E-state index is 0.0860. The molecule has 7 heteroatoms. The zero-order valence-electron chi connectivity index (χ0n) is 10.1. The van der Waals surface area contributed by atoms with Crippen LogP contribution in [-0.4, -0.2) is 23.6 Å². The summed E-state index contributed by atoms with van der Waals surface area (Å²) in [5.41, 5.74) is 0.596. The van der Waals surface area contributed by atoms with E-state index in [0.717, 1.165) is 0 Å². The molecule has 0 aliphatic carbocycles. The van der Waals surface area contributed by atoms with Crippen molar-refractivity contribution in [2.45, 2.75) is 6.61 Å². The molecule has 0 saturated carbocycles. The normalized spacial score (nSPS) is 10.3. The van der Waals surface area contributed by atoms with Crippen molar-refractivity contribution in [3.63, 3.8) is 0 Å². The number of aromatic nitrogens is 2. The molecule has 0 bridgehead atoms. The van der Waals surface area contributed by atoms with Crippen molar-refractivity contribution in [3.05, 3.63) is 36.7 Å². The Kier molecular flexibility index (Phi) is 4.07. The van der Waals surface area contributed by atoms with Gasteiger partial charge in [0.2, 0.25) is 0 Å². The quantitative estimate of drug-likeness (QED) is 0.871. The Morgan fingerprint density at radius 1 is 1.16 bits per heavy atom. The molecule has 2 N–H and O–H groups in total. The molecule has 19 heavy (non-hydrogen) atoms. The number of anilines is 3. The van der Waals surface area contributed by atoms with Crippen LogP contribution >= 0.6 is 0 Å². The number of rotatable bonds is 5. The van der Waals surface area contributed by atoms with E-state index in [-0.39, 0.29) is 5.75 Å². The second kappa shape index (κ2) is 5.94. The summed E-state index contributed by atoms with van der Waals surface area (Å²) >= 11 is 0. The fraction of sp³-hybridized carbons (Fsp3) is 0.167. The van der Waals surface area contributed by atoms with Crippen LogP contribution in [0.25, 0.3) is 0 Å². The van der Waals surface area contributed by atoms with E-state index < -0.39 is 6.61 Å². The van der Waals surface area contributed by atoms with Gasteiger partial charge in [0.05, 0.1) is 0 Å². The van der Waals surface area contributed by atoms with Crippen LogP contribution < -0.4 is 15.4 Å². The Bertz CT molecular complexity index is 551. The van der Waals surface area contributed by atoms with Gasteiger partial charge in [0.25, 0.3) is 0 Å². The summed E-state index contributed by atoms with van der Waals surface area (Å²) < 4.78 is 28.5. The van der Waals surface area contributed by atoms with Gasteiger partial charge < -0.3 is 15.4 Å². The van der Waals surface area contributed by atoms with Gasteiger partial charge in [-0.05, 0) is 12.1 Å². The summed E-state index contributed by atoms with van der Waals surface area (Å²) in [4.78, 5) is 7.99. The Morgan fingerprint density at radius 3 is 2.68 bits per heavy atom. The topological polar surface area (TPSA) is 59.1 Å². The minimum Gasteiger partial charge on any atom is -0.435 e. The number of halogens is 2. The van der Waals surface area contributed by atoms with E-state index in [4.69, 9.17) is 0 Å². The highest BCUT2D eigenvalue weighted by Crippen LogP contribution is 2.22. The number of hydrogen-bond donors (Lipinski definition) is 2. The lowest BCUT2D eigenvalue weighted by atomic mass is 10.3. The van der Waals surface area contributed by atoms with Crippen LogP contribution in [0, 0.1) is 0 Å². The third-order valence-electron chi connectivity index (χ3n) is 2.25. The number of hydrogen-bond acceptors (Lipinski definition) is 5. The van der Waals surface area contributed by atoms with E-state index in [1.165, 1.54) is 18.5 Å². The fourth-order valence-electron chi connectivity index (χ4n) is 1.46. The lowest BCUT2D eigenvalue weighted by Gasteiger charge is -2.09. The molecule has 1 aromatic carbocycles. The summed E-state index contributed by atoms with van der Waals surface area (Å²) in [6.45, 7) is -2.84. The molecule has 0 saturated heterocycles. The van der Waals surface area contributed by atoms with Crippen LogP contribution in [-0.2, 0) is 0 Å². The molecule has 0 aliphatic heterocycles. The lowest BCUT2D eigenvalue weighted by molar-refractivity contribution is -0.0497. The molecule has 1 heterocycles. The van der Waals surface area contributed by atoms with Gasteiger partial charge in [-0.25, -0.2) is 9.97 Å². The standard InChI is InChI=1S/C12H12F2N4O/c1-15-10-6-11(17-7-16-10)18-8-3-2-4-9(5-8)19-12(13)14/h2-7,12H,1H3,(H2,15,16,17,18). The van der Waals surface area contributed by atoms with Crippen molar-refractivity contribution in [1.82, 2.24) is 9.97 Å². The molecule has 2 rings (SSSR count). The van der Waals surface area contributed by atoms with Crippen LogP contribution in [0.4, 0.5) is 26.1 Å². The van der Waals surface area contributed by atoms with Gasteiger partial charge in [-0.1, -0.05) is 6.07 Å². The first-order valence-corrected chi connectivity index (χ1v) is 5.49. The van der Waals surface area contributed by atoms with Gasteiger partial charge in [0.15, 0.2) is 0 Å². The molecule has 5 nitrogen and oxygen atoms in total. The average Bonchev–Trinajstić information content (AvgIpc) is 2.38. The zero-order valence-corrected chi connectivity index (χ0v) is 10.1. The molecule has 0 aliphatic rings. The molecule has 2 aromatic rings. The molecule has 100 valence electrons. The van der Waals surface area contributed by atoms with E-state index in [1.54, 1.807) is 25.2 Å². The number of benzene rings is 1. The highest BCUT2D eigenvalue weighted by molar-refractivity contribution is 5.60. The average molecular weight is 266 g/mol. The van der Waals surface area contributed by atoms with E-state index in [9.17, 15) is 8.78 Å². The van der Waals surface area contributed by atoms with E-state index in [0.29, 0.717) is 17.3 Å². The molecule has 0 radical (unpaired) electrons. The smallest absolute Gasteiger partial charge is 0.387 e. The monoisotopic (exact) mass is 266 g/mol. The van der Waals surface area contributed by atoms with Crippen LogP contribution in [0.5, 0.6) is 5.75 Å². The van der Waals surface area contributed by atoms with E-state index in [2.05, 4.69) is 25.3 Å². The van der Waals surface area contributed by atoms with Gasteiger partial charge in [-0.2, -0.15) is 8.78 Å². The maximum atomic E-state index is 12.1.